The number of amides is 1. The number of carbonyl (C=O) groups excluding carboxylic acids is 1. The molecule has 0 heterocycles. The van der Waals surface area contributed by atoms with E-state index in [2.05, 4.69) is 10.6 Å². The van der Waals surface area contributed by atoms with E-state index in [4.69, 9.17) is 4.74 Å². The molecule has 0 saturated carbocycles. The van der Waals surface area contributed by atoms with E-state index >= 15 is 0 Å². The van der Waals surface area contributed by atoms with Gasteiger partial charge in [0, 0.05) is 12.0 Å². The summed E-state index contributed by atoms with van der Waals surface area (Å²) in [4.78, 5) is 12.3. The van der Waals surface area contributed by atoms with E-state index in [-0.39, 0.29) is 5.91 Å². The Bertz CT molecular complexity index is 430. The molecule has 112 valence electrons. The molecule has 1 aromatic rings. The van der Waals surface area contributed by atoms with Crippen molar-refractivity contribution in [3.05, 3.63) is 29.8 Å². The summed E-state index contributed by atoms with van der Waals surface area (Å²) >= 11 is 0. The average Bonchev–Trinajstić information content (AvgIpc) is 2.43. The summed E-state index contributed by atoms with van der Waals surface area (Å²) < 4.78 is 5.34. The third-order valence-electron chi connectivity index (χ3n) is 3.33. The normalized spacial score (nSPS) is 11.2. The van der Waals surface area contributed by atoms with Crippen LogP contribution in [0.1, 0.15) is 25.8 Å². The highest BCUT2D eigenvalue weighted by Crippen LogP contribution is 2.27. The smallest absolute Gasteiger partial charge is 0.225 e. The van der Waals surface area contributed by atoms with Crippen LogP contribution in [0.2, 0.25) is 0 Å². The highest BCUT2D eigenvalue weighted by molar-refractivity contribution is 5.82. The minimum absolute atomic E-state index is 0.0829. The van der Waals surface area contributed by atoms with Crippen LogP contribution in [0, 0.1) is 5.41 Å². The maximum atomic E-state index is 12.3. The quantitative estimate of drug-likeness (QED) is 0.715. The number of hydrogen-bond acceptors (Lipinski definition) is 3. The first kappa shape index (κ1) is 16.5. The van der Waals surface area contributed by atoms with Crippen molar-refractivity contribution in [2.24, 2.45) is 5.41 Å². The number of carbonyl (C=O) groups is 1. The lowest BCUT2D eigenvalue weighted by atomic mass is 9.84. The second-order valence-corrected chi connectivity index (χ2v) is 5.59. The monoisotopic (exact) mass is 278 g/mol. The van der Waals surface area contributed by atoms with Gasteiger partial charge >= 0.3 is 0 Å². The molecule has 4 nitrogen and oxygen atoms in total. The number of rotatable bonds is 8. The van der Waals surface area contributed by atoms with Crippen LogP contribution in [0.15, 0.2) is 24.3 Å². The molecule has 0 aliphatic carbocycles. The molecular formula is C16H26N2O2. The number of methoxy groups -OCH3 is 1. The van der Waals surface area contributed by atoms with Gasteiger partial charge in [-0.25, -0.2) is 0 Å². The van der Waals surface area contributed by atoms with Crippen LogP contribution in [0.3, 0.4) is 0 Å². The summed E-state index contributed by atoms with van der Waals surface area (Å²) in [6, 6.07) is 7.84. The maximum absolute atomic E-state index is 12.3. The van der Waals surface area contributed by atoms with Gasteiger partial charge in [-0.3, -0.25) is 4.79 Å². The Morgan fingerprint density at radius 3 is 2.60 bits per heavy atom. The zero-order valence-corrected chi connectivity index (χ0v) is 13.0. The Morgan fingerprint density at radius 1 is 1.25 bits per heavy atom. The minimum Gasteiger partial charge on any atom is -0.496 e. The van der Waals surface area contributed by atoms with Crippen LogP contribution in [0.5, 0.6) is 5.75 Å². The van der Waals surface area contributed by atoms with Crippen molar-refractivity contribution in [2.75, 3.05) is 27.2 Å². The standard InChI is InChI=1S/C16H26N2O2/c1-16(2,15(19)18-11-7-10-17-3)12-13-8-5-6-9-14(13)20-4/h5-6,8-9,17H,7,10-12H2,1-4H3,(H,18,19). The molecule has 20 heavy (non-hydrogen) atoms. The summed E-state index contributed by atoms with van der Waals surface area (Å²) in [5.74, 6) is 0.920. The van der Waals surface area contributed by atoms with Crippen molar-refractivity contribution in [3.63, 3.8) is 0 Å². The van der Waals surface area contributed by atoms with Gasteiger partial charge in [-0.05, 0) is 38.1 Å². The zero-order valence-electron chi connectivity index (χ0n) is 13.0. The Kier molecular flexibility index (Phi) is 6.52. The van der Waals surface area contributed by atoms with Crippen molar-refractivity contribution >= 4 is 5.91 Å². The van der Waals surface area contributed by atoms with Crippen molar-refractivity contribution in [3.8, 4) is 5.75 Å². The summed E-state index contributed by atoms with van der Waals surface area (Å²) in [5.41, 5.74) is 0.610. The fourth-order valence-electron chi connectivity index (χ4n) is 2.11. The van der Waals surface area contributed by atoms with Crippen LogP contribution in [-0.2, 0) is 11.2 Å². The molecule has 0 unspecified atom stereocenters. The van der Waals surface area contributed by atoms with Gasteiger partial charge in [0.15, 0.2) is 0 Å². The predicted octanol–water partition coefficient (Wildman–Crippen LogP) is 1.99. The zero-order chi connectivity index (χ0) is 15.0. The first-order valence-corrected chi connectivity index (χ1v) is 7.06. The number of ether oxygens (including phenoxy) is 1. The largest absolute Gasteiger partial charge is 0.496 e. The Balaban J connectivity index is 2.61. The van der Waals surface area contributed by atoms with Gasteiger partial charge in [0.1, 0.15) is 5.75 Å². The molecule has 1 amide bonds. The fourth-order valence-corrected chi connectivity index (χ4v) is 2.11. The van der Waals surface area contributed by atoms with E-state index in [1.807, 2.05) is 45.2 Å². The molecular weight excluding hydrogens is 252 g/mol. The fraction of sp³-hybridized carbons (Fsp3) is 0.562. The van der Waals surface area contributed by atoms with Gasteiger partial charge in [0.25, 0.3) is 0 Å². The third-order valence-corrected chi connectivity index (χ3v) is 3.33. The third kappa shape index (κ3) is 4.85. The van der Waals surface area contributed by atoms with Gasteiger partial charge in [-0.2, -0.15) is 0 Å². The summed E-state index contributed by atoms with van der Waals surface area (Å²) in [7, 11) is 3.57. The van der Waals surface area contributed by atoms with Crippen LogP contribution in [0.4, 0.5) is 0 Å². The molecule has 0 aliphatic heterocycles. The average molecular weight is 278 g/mol. The van der Waals surface area contributed by atoms with Crippen LogP contribution in [-0.4, -0.2) is 33.2 Å². The van der Waals surface area contributed by atoms with E-state index in [0.717, 1.165) is 24.3 Å². The summed E-state index contributed by atoms with van der Waals surface area (Å²) in [6.45, 7) is 5.54. The van der Waals surface area contributed by atoms with Crippen LogP contribution >= 0.6 is 0 Å². The first-order chi connectivity index (χ1) is 9.51. The second kappa shape index (κ2) is 7.90. The van der Waals surface area contributed by atoms with Gasteiger partial charge < -0.3 is 15.4 Å². The molecule has 1 rings (SSSR count). The summed E-state index contributed by atoms with van der Waals surface area (Å²) in [6.07, 6.45) is 1.60. The van der Waals surface area contributed by atoms with E-state index < -0.39 is 5.41 Å². The Labute approximate surface area is 121 Å². The first-order valence-electron chi connectivity index (χ1n) is 7.06. The van der Waals surface area contributed by atoms with Crippen molar-refractivity contribution in [2.45, 2.75) is 26.7 Å². The molecule has 0 fully saturated rings. The van der Waals surface area contributed by atoms with Gasteiger partial charge in [-0.1, -0.05) is 32.0 Å². The molecule has 4 heteroatoms. The van der Waals surface area contributed by atoms with Crippen LogP contribution < -0.4 is 15.4 Å². The van der Waals surface area contributed by atoms with Crippen molar-refractivity contribution in [1.29, 1.82) is 0 Å². The molecule has 0 saturated heterocycles. The van der Waals surface area contributed by atoms with Gasteiger partial charge in [0.2, 0.25) is 5.91 Å². The van der Waals surface area contributed by atoms with Gasteiger partial charge in [0.05, 0.1) is 7.11 Å². The maximum Gasteiger partial charge on any atom is 0.225 e. The van der Waals surface area contributed by atoms with E-state index in [1.54, 1.807) is 7.11 Å². The molecule has 0 aliphatic rings. The topological polar surface area (TPSA) is 50.4 Å². The van der Waals surface area contributed by atoms with Crippen molar-refractivity contribution < 1.29 is 9.53 Å². The lowest BCUT2D eigenvalue weighted by Gasteiger charge is -2.24. The molecule has 0 radical (unpaired) electrons. The molecule has 2 N–H and O–H groups in total. The van der Waals surface area contributed by atoms with Crippen molar-refractivity contribution in [1.82, 2.24) is 10.6 Å². The van der Waals surface area contributed by atoms with Crippen LogP contribution in [0.25, 0.3) is 0 Å². The van der Waals surface area contributed by atoms with E-state index in [1.165, 1.54) is 0 Å². The van der Waals surface area contributed by atoms with E-state index in [9.17, 15) is 4.79 Å². The summed E-state index contributed by atoms with van der Waals surface area (Å²) in [5, 5.41) is 6.06. The number of hydrogen-bond donors (Lipinski definition) is 2. The Hall–Kier alpha value is -1.55. The highest BCUT2D eigenvalue weighted by atomic mass is 16.5. The lowest BCUT2D eigenvalue weighted by Crippen LogP contribution is -2.39. The lowest BCUT2D eigenvalue weighted by molar-refractivity contribution is -0.129. The molecule has 0 bridgehead atoms. The minimum atomic E-state index is -0.450. The van der Waals surface area contributed by atoms with E-state index in [0.29, 0.717) is 13.0 Å². The second-order valence-electron chi connectivity index (χ2n) is 5.59. The SMILES string of the molecule is CNCCCNC(=O)C(C)(C)Cc1ccccc1OC. The molecule has 1 aromatic carbocycles. The number of nitrogens with one attached hydrogen (secondary N) is 2. The molecule has 0 aromatic heterocycles. The predicted molar refractivity (Wildman–Crippen MR) is 82.0 cm³/mol. The number of benzene rings is 1. The number of para-hydroxylation sites is 1. The van der Waals surface area contributed by atoms with Gasteiger partial charge in [-0.15, -0.1) is 0 Å². The Morgan fingerprint density at radius 2 is 1.95 bits per heavy atom. The highest BCUT2D eigenvalue weighted by Gasteiger charge is 2.28. The molecule has 0 spiro atoms. The molecule has 0 atom stereocenters.